The smallest absolute Gasteiger partial charge is 0.237 e. The number of carbonyl (C=O) groups is 2. The van der Waals surface area contributed by atoms with Crippen LogP contribution in [0.5, 0.6) is 0 Å². The van der Waals surface area contributed by atoms with Crippen LogP contribution < -0.4 is 5.32 Å². The largest absolute Gasteiger partial charge is 0.325 e. The molecule has 0 saturated carbocycles. The van der Waals surface area contributed by atoms with Crippen LogP contribution in [0.1, 0.15) is 54.7 Å². The van der Waals surface area contributed by atoms with Gasteiger partial charge in [-0.05, 0) is 35.6 Å². The molecular formula is C27H29NO2S. The Hall–Kier alpha value is -2.85. The SMILES string of the molecule is C[C@H](SCc1ccccc1)C(=O)Nc1cccc(C(=O)c2ccc(C(C)(C)C)cc2)c1. The summed E-state index contributed by atoms with van der Waals surface area (Å²) in [5, 5.41) is 2.74. The standard InChI is InChI=1S/C27H29NO2S/c1-19(31-18-20-9-6-5-7-10-20)26(30)28-24-12-8-11-22(17-24)25(29)21-13-15-23(16-14-21)27(2,3)4/h5-17,19H,18H2,1-4H3,(H,28,30)/t19-/m0/s1. The van der Waals surface area contributed by atoms with Crippen molar-refractivity contribution in [3.63, 3.8) is 0 Å². The lowest BCUT2D eigenvalue weighted by Gasteiger charge is -2.19. The highest BCUT2D eigenvalue weighted by atomic mass is 32.2. The summed E-state index contributed by atoms with van der Waals surface area (Å²) in [5.41, 5.74) is 4.26. The number of hydrogen-bond donors (Lipinski definition) is 1. The highest BCUT2D eigenvalue weighted by Gasteiger charge is 2.17. The van der Waals surface area contributed by atoms with Gasteiger partial charge in [0.1, 0.15) is 0 Å². The number of anilines is 1. The third-order valence-corrected chi connectivity index (χ3v) is 6.33. The molecule has 0 radical (unpaired) electrons. The van der Waals surface area contributed by atoms with Crippen LogP contribution in [0.4, 0.5) is 5.69 Å². The molecule has 4 heteroatoms. The summed E-state index contributed by atoms with van der Waals surface area (Å²) in [7, 11) is 0. The van der Waals surface area contributed by atoms with Gasteiger partial charge in [0.25, 0.3) is 0 Å². The van der Waals surface area contributed by atoms with Gasteiger partial charge in [0.05, 0.1) is 5.25 Å². The monoisotopic (exact) mass is 431 g/mol. The maximum absolute atomic E-state index is 12.9. The first kappa shape index (κ1) is 22.8. The van der Waals surface area contributed by atoms with E-state index in [9.17, 15) is 9.59 Å². The van der Waals surface area contributed by atoms with Crippen LogP contribution in [0.3, 0.4) is 0 Å². The fourth-order valence-corrected chi connectivity index (χ4v) is 3.99. The van der Waals surface area contributed by atoms with Crippen LogP contribution in [0.25, 0.3) is 0 Å². The molecule has 3 aromatic carbocycles. The lowest BCUT2D eigenvalue weighted by atomic mass is 9.86. The molecule has 1 amide bonds. The molecule has 0 fully saturated rings. The van der Waals surface area contributed by atoms with E-state index in [4.69, 9.17) is 0 Å². The molecular weight excluding hydrogens is 402 g/mol. The molecule has 31 heavy (non-hydrogen) atoms. The van der Waals surface area contributed by atoms with Crippen molar-refractivity contribution in [2.24, 2.45) is 0 Å². The molecule has 0 aliphatic carbocycles. The van der Waals surface area contributed by atoms with Gasteiger partial charge in [0.15, 0.2) is 5.78 Å². The molecule has 0 unspecified atom stereocenters. The molecule has 0 aliphatic heterocycles. The number of thioether (sulfide) groups is 1. The molecule has 3 aromatic rings. The molecule has 160 valence electrons. The molecule has 0 bridgehead atoms. The number of amides is 1. The summed E-state index contributed by atoms with van der Waals surface area (Å²) in [6, 6.07) is 25.0. The third-order valence-electron chi connectivity index (χ3n) is 5.12. The van der Waals surface area contributed by atoms with Gasteiger partial charge in [-0.25, -0.2) is 0 Å². The predicted octanol–water partition coefficient (Wildman–Crippen LogP) is 6.48. The quantitative estimate of drug-likeness (QED) is 0.436. The highest BCUT2D eigenvalue weighted by molar-refractivity contribution is 7.99. The summed E-state index contributed by atoms with van der Waals surface area (Å²) >= 11 is 1.59. The minimum Gasteiger partial charge on any atom is -0.325 e. The maximum Gasteiger partial charge on any atom is 0.237 e. The van der Waals surface area contributed by atoms with Gasteiger partial charge in [-0.3, -0.25) is 9.59 Å². The zero-order valence-electron chi connectivity index (χ0n) is 18.5. The van der Waals surface area contributed by atoms with Crippen molar-refractivity contribution in [1.29, 1.82) is 0 Å². The fourth-order valence-electron chi connectivity index (χ4n) is 3.14. The molecule has 0 heterocycles. The van der Waals surface area contributed by atoms with E-state index in [0.717, 1.165) is 5.75 Å². The Bertz CT molecular complexity index is 1040. The van der Waals surface area contributed by atoms with Gasteiger partial charge in [-0.2, -0.15) is 0 Å². The molecule has 3 nitrogen and oxygen atoms in total. The summed E-state index contributed by atoms with van der Waals surface area (Å²) in [4.78, 5) is 25.5. The predicted molar refractivity (Wildman–Crippen MR) is 131 cm³/mol. The van der Waals surface area contributed by atoms with Gasteiger partial charge in [-0.1, -0.05) is 87.5 Å². The summed E-state index contributed by atoms with van der Waals surface area (Å²) in [6.07, 6.45) is 0. The Labute approximate surface area is 189 Å². The van der Waals surface area contributed by atoms with E-state index in [2.05, 4.69) is 38.2 Å². The van der Waals surface area contributed by atoms with Gasteiger partial charge >= 0.3 is 0 Å². The Kier molecular flexibility index (Phi) is 7.34. The Balaban J connectivity index is 1.64. The maximum atomic E-state index is 12.9. The van der Waals surface area contributed by atoms with Crippen LogP contribution in [0, 0.1) is 0 Å². The van der Waals surface area contributed by atoms with E-state index in [-0.39, 0.29) is 22.4 Å². The summed E-state index contributed by atoms with van der Waals surface area (Å²) in [5.74, 6) is 0.654. The Morgan fingerprint density at radius 2 is 1.55 bits per heavy atom. The normalized spacial score (nSPS) is 12.3. The number of rotatable bonds is 7. The number of carbonyl (C=O) groups excluding carboxylic acids is 2. The van der Waals surface area contributed by atoms with Crippen molar-refractivity contribution < 1.29 is 9.59 Å². The first-order valence-corrected chi connectivity index (χ1v) is 11.5. The van der Waals surface area contributed by atoms with E-state index in [1.54, 1.807) is 30.0 Å². The van der Waals surface area contributed by atoms with Crippen molar-refractivity contribution >= 4 is 29.1 Å². The second kappa shape index (κ2) is 9.97. The van der Waals surface area contributed by atoms with Gasteiger partial charge in [-0.15, -0.1) is 11.8 Å². The van der Waals surface area contributed by atoms with Crippen molar-refractivity contribution in [3.8, 4) is 0 Å². The van der Waals surface area contributed by atoms with Gasteiger partial charge in [0.2, 0.25) is 5.91 Å². The zero-order chi connectivity index (χ0) is 22.4. The number of hydrogen-bond acceptors (Lipinski definition) is 3. The number of nitrogens with one attached hydrogen (secondary N) is 1. The van der Waals surface area contributed by atoms with Crippen LogP contribution in [0.15, 0.2) is 78.9 Å². The number of ketones is 1. The minimum atomic E-state index is -0.204. The minimum absolute atomic E-state index is 0.0427. The lowest BCUT2D eigenvalue weighted by Crippen LogP contribution is -2.22. The second-order valence-electron chi connectivity index (χ2n) is 8.67. The molecule has 1 N–H and O–H groups in total. The van der Waals surface area contributed by atoms with Crippen molar-refractivity contribution in [3.05, 3.63) is 101 Å². The van der Waals surface area contributed by atoms with E-state index in [1.807, 2.05) is 55.5 Å². The van der Waals surface area contributed by atoms with Gasteiger partial charge < -0.3 is 5.32 Å². The molecule has 0 saturated heterocycles. The molecule has 0 spiro atoms. The van der Waals surface area contributed by atoms with Gasteiger partial charge in [0, 0.05) is 22.6 Å². The van der Waals surface area contributed by atoms with Crippen LogP contribution in [0.2, 0.25) is 0 Å². The Morgan fingerprint density at radius 1 is 0.871 bits per heavy atom. The van der Waals surface area contributed by atoms with E-state index < -0.39 is 0 Å². The van der Waals surface area contributed by atoms with Crippen LogP contribution in [-0.4, -0.2) is 16.9 Å². The first-order valence-electron chi connectivity index (χ1n) is 10.5. The second-order valence-corrected chi connectivity index (χ2v) is 9.99. The Morgan fingerprint density at radius 3 is 2.19 bits per heavy atom. The summed E-state index contributed by atoms with van der Waals surface area (Å²) < 4.78 is 0. The highest BCUT2D eigenvalue weighted by Crippen LogP contribution is 2.24. The van der Waals surface area contributed by atoms with Crippen LogP contribution >= 0.6 is 11.8 Å². The first-order chi connectivity index (χ1) is 14.7. The van der Waals surface area contributed by atoms with E-state index in [0.29, 0.717) is 16.8 Å². The van der Waals surface area contributed by atoms with Crippen molar-refractivity contribution in [1.82, 2.24) is 0 Å². The topological polar surface area (TPSA) is 46.2 Å². The zero-order valence-corrected chi connectivity index (χ0v) is 19.3. The van der Waals surface area contributed by atoms with Crippen molar-refractivity contribution in [2.45, 2.75) is 44.1 Å². The lowest BCUT2D eigenvalue weighted by molar-refractivity contribution is -0.115. The number of benzene rings is 3. The van der Waals surface area contributed by atoms with E-state index >= 15 is 0 Å². The molecule has 0 aliphatic rings. The molecule has 1 atom stereocenters. The molecule has 0 aromatic heterocycles. The summed E-state index contributed by atoms with van der Waals surface area (Å²) in [6.45, 7) is 8.34. The fraction of sp³-hybridized carbons (Fsp3) is 0.259. The van der Waals surface area contributed by atoms with Crippen LogP contribution in [-0.2, 0) is 16.0 Å². The van der Waals surface area contributed by atoms with Crippen molar-refractivity contribution in [2.75, 3.05) is 5.32 Å². The third kappa shape index (κ3) is 6.31. The molecule has 3 rings (SSSR count). The van der Waals surface area contributed by atoms with E-state index in [1.165, 1.54) is 11.1 Å². The average molecular weight is 432 g/mol. The average Bonchev–Trinajstić information content (AvgIpc) is 2.77.